The number of nitrogens with zero attached hydrogens (tertiary/aromatic N) is 6. The number of fused-ring (bicyclic) bond motifs is 1. The number of nitrogens with one attached hydrogen (secondary N) is 2. The van der Waals surface area contributed by atoms with Crippen molar-refractivity contribution < 1.29 is 28.7 Å². The highest BCUT2D eigenvalue weighted by molar-refractivity contribution is 6.31. The first-order valence-corrected chi connectivity index (χ1v) is 20.7. The summed E-state index contributed by atoms with van der Waals surface area (Å²) in [5, 5.41) is 15.1. The Balaban J connectivity index is 0.789. The summed E-state index contributed by atoms with van der Waals surface area (Å²) in [4.78, 5) is 76.5. The van der Waals surface area contributed by atoms with Crippen molar-refractivity contribution in [2.24, 2.45) is 16.7 Å². The maximum absolute atomic E-state index is 13.5. The van der Waals surface area contributed by atoms with Gasteiger partial charge in [0.1, 0.15) is 29.8 Å². The van der Waals surface area contributed by atoms with Gasteiger partial charge in [-0.15, -0.1) is 0 Å². The van der Waals surface area contributed by atoms with E-state index in [0.717, 1.165) is 69.2 Å². The van der Waals surface area contributed by atoms with Gasteiger partial charge in [-0.25, -0.2) is 4.98 Å². The van der Waals surface area contributed by atoms with Crippen LogP contribution >= 0.6 is 11.6 Å². The molecule has 1 atom stereocenters. The normalized spacial score (nSPS) is 24.3. The van der Waals surface area contributed by atoms with Gasteiger partial charge in [0.25, 0.3) is 17.7 Å². The number of benzene rings is 2. The van der Waals surface area contributed by atoms with Gasteiger partial charge in [0.05, 0.1) is 21.7 Å². The molecule has 3 saturated heterocycles. The number of piperazine rings is 1. The van der Waals surface area contributed by atoms with Crippen LogP contribution in [-0.2, 0) is 9.59 Å². The smallest absolute Gasteiger partial charge is 0.263 e. The molecule has 8 rings (SSSR count). The quantitative estimate of drug-likeness (QED) is 0.288. The Hall–Kier alpha value is -5.52. The number of pyridine rings is 1. The summed E-state index contributed by atoms with van der Waals surface area (Å²) in [6, 6.07) is 15.5. The first-order chi connectivity index (χ1) is 28.1. The zero-order valence-electron chi connectivity index (χ0n) is 33.8. The van der Waals surface area contributed by atoms with Gasteiger partial charge in [-0.3, -0.25) is 39.1 Å². The molecule has 3 aromatic rings. The van der Waals surface area contributed by atoms with Gasteiger partial charge in [0.15, 0.2) is 0 Å². The molecule has 0 spiro atoms. The maximum Gasteiger partial charge on any atom is 0.263 e. The van der Waals surface area contributed by atoms with Crippen LogP contribution in [0.3, 0.4) is 0 Å². The highest BCUT2D eigenvalue weighted by atomic mass is 35.5. The first-order valence-electron chi connectivity index (χ1n) is 20.4. The van der Waals surface area contributed by atoms with Crippen molar-refractivity contribution in [3.63, 3.8) is 0 Å². The second-order valence-corrected chi connectivity index (χ2v) is 18.0. The van der Waals surface area contributed by atoms with E-state index in [9.17, 15) is 29.2 Å². The number of amides is 5. The third kappa shape index (κ3) is 7.51. The lowest BCUT2D eigenvalue weighted by Crippen LogP contribution is -2.74. The molecular formula is C44H49ClN8O6. The fraction of sp³-hybridized carbons (Fsp3) is 0.477. The second-order valence-electron chi connectivity index (χ2n) is 17.6. The van der Waals surface area contributed by atoms with Gasteiger partial charge in [-0.1, -0.05) is 39.3 Å². The van der Waals surface area contributed by atoms with Crippen LogP contribution < -0.4 is 25.2 Å². The van der Waals surface area contributed by atoms with Crippen molar-refractivity contribution in [2.75, 3.05) is 55.6 Å². The predicted molar refractivity (Wildman–Crippen MR) is 220 cm³/mol. The molecule has 1 unspecified atom stereocenters. The summed E-state index contributed by atoms with van der Waals surface area (Å²) in [7, 11) is 0. The van der Waals surface area contributed by atoms with Crippen LogP contribution in [-0.4, -0.2) is 108 Å². The molecule has 14 nitrogen and oxygen atoms in total. The van der Waals surface area contributed by atoms with E-state index in [0.29, 0.717) is 33.6 Å². The lowest BCUT2D eigenvalue weighted by atomic mass is 9.49. The molecule has 59 heavy (non-hydrogen) atoms. The Morgan fingerprint density at radius 2 is 1.58 bits per heavy atom. The zero-order chi connectivity index (χ0) is 41.8. The van der Waals surface area contributed by atoms with Crippen LogP contribution in [0.4, 0.5) is 11.5 Å². The van der Waals surface area contributed by atoms with Gasteiger partial charge >= 0.3 is 0 Å². The summed E-state index contributed by atoms with van der Waals surface area (Å²) in [5.41, 5.74) is 1.82. The molecule has 4 fully saturated rings. The highest BCUT2D eigenvalue weighted by Crippen LogP contribution is 2.55. The fourth-order valence-electron chi connectivity index (χ4n) is 10.1. The van der Waals surface area contributed by atoms with Crippen molar-refractivity contribution in [3.05, 3.63) is 82.0 Å². The van der Waals surface area contributed by atoms with E-state index in [4.69, 9.17) is 16.3 Å². The molecule has 4 aliphatic heterocycles. The number of halogens is 1. The largest absolute Gasteiger partial charge is 0.489 e. The Morgan fingerprint density at radius 3 is 2.22 bits per heavy atom. The van der Waals surface area contributed by atoms with Gasteiger partial charge in [0, 0.05) is 92.6 Å². The number of carbonyl (C=O) groups excluding carboxylic acids is 5. The molecule has 0 radical (unpaired) electrons. The third-order valence-corrected chi connectivity index (χ3v) is 13.4. The molecule has 2 aromatic carbocycles. The van der Waals surface area contributed by atoms with Gasteiger partial charge < -0.3 is 19.9 Å². The van der Waals surface area contributed by atoms with Gasteiger partial charge in [0.2, 0.25) is 11.8 Å². The maximum atomic E-state index is 13.5. The number of hydrogen-bond donors (Lipinski definition) is 2. The molecule has 1 aliphatic carbocycles. The van der Waals surface area contributed by atoms with E-state index < -0.39 is 29.7 Å². The summed E-state index contributed by atoms with van der Waals surface area (Å²) in [6.45, 7) is 14.6. The van der Waals surface area contributed by atoms with E-state index in [1.807, 2.05) is 24.3 Å². The third-order valence-electron chi connectivity index (χ3n) is 13.1. The summed E-state index contributed by atoms with van der Waals surface area (Å²) in [5.74, 6) is -0.459. The van der Waals surface area contributed by atoms with E-state index in [1.54, 1.807) is 24.3 Å². The molecule has 15 heteroatoms. The minimum Gasteiger partial charge on any atom is -0.489 e. The van der Waals surface area contributed by atoms with E-state index >= 15 is 0 Å². The van der Waals surface area contributed by atoms with E-state index in [1.165, 1.54) is 6.20 Å². The molecule has 308 valence electrons. The number of aromatic nitrogens is 1. The second kappa shape index (κ2) is 15.6. The molecule has 0 bridgehead atoms. The van der Waals surface area contributed by atoms with Crippen molar-refractivity contribution in [1.82, 2.24) is 25.4 Å². The minimum atomic E-state index is -1.00. The minimum absolute atomic E-state index is 0.0758. The summed E-state index contributed by atoms with van der Waals surface area (Å²) >= 11 is 6.25. The SMILES string of the molecule is CC1(C)C(NC(=O)c2ccc(N3CCN(CC4CCN(c5cc6c(cn5)C(=O)N(C5CCC(=O)NC5=O)C6=O)CC4)CC3)cc2)C(C)(C)C1Oc1ccc(C#N)c(Cl)c1. The van der Waals surface area contributed by atoms with Crippen LogP contribution in [0.15, 0.2) is 54.7 Å². The Bertz CT molecular complexity index is 2220. The zero-order valence-corrected chi connectivity index (χ0v) is 34.6. The van der Waals surface area contributed by atoms with Crippen molar-refractivity contribution in [1.29, 1.82) is 5.26 Å². The van der Waals surface area contributed by atoms with Crippen molar-refractivity contribution in [2.45, 2.75) is 71.6 Å². The highest BCUT2D eigenvalue weighted by Gasteiger charge is 2.64. The number of anilines is 2. The number of carbonyl (C=O) groups is 5. The number of nitriles is 1. The lowest BCUT2D eigenvalue weighted by Gasteiger charge is -2.63. The monoisotopic (exact) mass is 820 g/mol. The molecule has 1 saturated carbocycles. The number of hydrogen-bond acceptors (Lipinski definition) is 11. The summed E-state index contributed by atoms with van der Waals surface area (Å²) < 4.78 is 6.38. The number of rotatable bonds is 9. The van der Waals surface area contributed by atoms with Crippen LogP contribution in [0.1, 0.15) is 90.0 Å². The molecular weight excluding hydrogens is 772 g/mol. The molecule has 2 N–H and O–H groups in total. The Labute approximate surface area is 348 Å². The van der Waals surface area contributed by atoms with Crippen molar-refractivity contribution in [3.8, 4) is 11.8 Å². The predicted octanol–water partition coefficient (Wildman–Crippen LogP) is 4.66. The molecule has 5 aliphatic rings. The first kappa shape index (κ1) is 40.3. The van der Waals surface area contributed by atoms with E-state index in [2.05, 4.69) is 64.1 Å². The summed E-state index contributed by atoms with van der Waals surface area (Å²) in [6.07, 6.45) is 3.40. The van der Waals surface area contributed by atoms with Crippen molar-refractivity contribution >= 4 is 52.6 Å². The van der Waals surface area contributed by atoms with Gasteiger partial charge in [-0.05, 0) is 67.6 Å². The number of imide groups is 2. The van der Waals surface area contributed by atoms with E-state index in [-0.39, 0.29) is 52.9 Å². The topological polar surface area (TPSA) is 168 Å². The lowest BCUT2D eigenvalue weighted by molar-refractivity contribution is -0.164. The molecule has 5 heterocycles. The number of ether oxygens (including phenoxy) is 1. The Morgan fingerprint density at radius 1 is 0.898 bits per heavy atom. The molecule has 5 amide bonds. The standard InChI is InChI=1S/C44H49ClN8O6/c1-43(2)41(44(3,4)42(43)59-30-10-7-28(23-46)33(45)21-30)49-37(55)27-5-8-29(9-6-27)51-19-17-50(18-20-51)25-26-13-15-52(16-14-26)35-22-31-32(24-47-35)40(58)53(39(31)57)34-11-12-36(54)48-38(34)56/h5-10,21-22,24,26,34,41-42H,11-20,25H2,1-4H3,(H,49,55)(H,48,54,56). The fourth-order valence-corrected chi connectivity index (χ4v) is 10.3. The van der Waals surface area contributed by atoms with Crippen LogP contribution in [0.2, 0.25) is 5.02 Å². The van der Waals surface area contributed by atoms with Gasteiger partial charge in [-0.2, -0.15) is 5.26 Å². The average molecular weight is 821 g/mol. The average Bonchev–Trinajstić information content (AvgIpc) is 3.47. The van der Waals surface area contributed by atoms with Crippen LogP contribution in [0.25, 0.3) is 0 Å². The number of piperidine rings is 2. The van der Waals surface area contributed by atoms with Crippen LogP contribution in [0.5, 0.6) is 5.75 Å². The Kier molecular flexibility index (Phi) is 10.6. The molecule has 1 aromatic heterocycles. The van der Waals surface area contributed by atoms with Crippen LogP contribution in [0, 0.1) is 28.1 Å².